The largest absolute Gasteiger partial charge is 0.494 e. The SMILES string of the molecule is CCCCOc1cccc(C(=O)Nc2ccc(N3CCC(C)CC3)c(N)c2)c1. The van der Waals surface area contributed by atoms with Crippen molar-refractivity contribution in [2.24, 2.45) is 5.92 Å². The number of amides is 1. The molecule has 0 aliphatic carbocycles. The molecule has 0 bridgehead atoms. The molecule has 3 rings (SSSR count). The lowest BCUT2D eigenvalue weighted by molar-refractivity contribution is 0.102. The molecule has 1 aliphatic rings. The summed E-state index contributed by atoms with van der Waals surface area (Å²) in [5.41, 5.74) is 9.30. The maximum absolute atomic E-state index is 12.6. The standard InChI is InChI=1S/C23H31N3O2/c1-3-4-14-28-20-7-5-6-18(15-20)23(27)25-19-8-9-22(21(24)16-19)26-12-10-17(2)11-13-26/h5-9,15-17H,3-4,10-14,24H2,1-2H3,(H,25,27). The number of benzene rings is 2. The van der Waals surface area contributed by atoms with Crippen molar-refractivity contribution in [1.29, 1.82) is 0 Å². The number of nitrogens with one attached hydrogen (secondary N) is 1. The van der Waals surface area contributed by atoms with E-state index in [1.807, 2.05) is 30.3 Å². The highest BCUT2D eigenvalue weighted by Crippen LogP contribution is 2.30. The molecule has 0 aromatic heterocycles. The highest BCUT2D eigenvalue weighted by Gasteiger charge is 2.18. The predicted octanol–water partition coefficient (Wildman–Crippen LogP) is 4.94. The van der Waals surface area contributed by atoms with Gasteiger partial charge in [0.15, 0.2) is 0 Å². The van der Waals surface area contributed by atoms with E-state index in [4.69, 9.17) is 10.5 Å². The number of anilines is 3. The van der Waals surface area contributed by atoms with E-state index in [1.165, 1.54) is 12.8 Å². The molecule has 0 unspecified atom stereocenters. The number of carbonyl (C=O) groups is 1. The van der Waals surface area contributed by atoms with Crippen molar-refractivity contribution >= 4 is 23.0 Å². The van der Waals surface area contributed by atoms with Crippen LogP contribution in [0.15, 0.2) is 42.5 Å². The molecule has 0 atom stereocenters. The van der Waals surface area contributed by atoms with Gasteiger partial charge >= 0.3 is 0 Å². The minimum absolute atomic E-state index is 0.167. The predicted molar refractivity (Wildman–Crippen MR) is 116 cm³/mol. The average Bonchev–Trinajstić information content (AvgIpc) is 2.69. The highest BCUT2D eigenvalue weighted by atomic mass is 16.5. The van der Waals surface area contributed by atoms with Crippen LogP contribution in [0.3, 0.4) is 0 Å². The van der Waals surface area contributed by atoms with Crippen LogP contribution in [-0.2, 0) is 0 Å². The van der Waals surface area contributed by atoms with Crippen molar-refractivity contribution in [3.63, 3.8) is 0 Å². The van der Waals surface area contributed by atoms with E-state index in [0.717, 1.165) is 43.3 Å². The van der Waals surface area contributed by atoms with E-state index in [-0.39, 0.29) is 5.91 Å². The summed E-state index contributed by atoms with van der Waals surface area (Å²) in [7, 11) is 0. The lowest BCUT2D eigenvalue weighted by Gasteiger charge is -2.33. The first kappa shape index (κ1) is 20.1. The van der Waals surface area contributed by atoms with E-state index in [9.17, 15) is 4.79 Å². The number of hydrogen-bond acceptors (Lipinski definition) is 4. The highest BCUT2D eigenvalue weighted by molar-refractivity contribution is 6.04. The van der Waals surface area contributed by atoms with Crippen LogP contribution in [-0.4, -0.2) is 25.6 Å². The summed E-state index contributed by atoms with van der Waals surface area (Å²) in [6, 6.07) is 13.0. The maximum atomic E-state index is 12.6. The van der Waals surface area contributed by atoms with Crippen LogP contribution in [0.2, 0.25) is 0 Å². The quantitative estimate of drug-likeness (QED) is 0.527. The second kappa shape index (κ2) is 9.49. The first-order valence-corrected chi connectivity index (χ1v) is 10.3. The zero-order valence-electron chi connectivity index (χ0n) is 16.9. The first-order valence-electron chi connectivity index (χ1n) is 10.3. The van der Waals surface area contributed by atoms with Crippen molar-refractivity contribution in [1.82, 2.24) is 0 Å². The van der Waals surface area contributed by atoms with Gasteiger partial charge in [0.2, 0.25) is 0 Å². The molecule has 1 aliphatic heterocycles. The number of rotatable bonds is 7. The Morgan fingerprint density at radius 1 is 1.21 bits per heavy atom. The number of carbonyl (C=O) groups excluding carboxylic acids is 1. The number of nitrogens with zero attached hydrogens (tertiary/aromatic N) is 1. The Morgan fingerprint density at radius 3 is 2.71 bits per heavy atom. The molecule has 1 heterocycles. The summed E-state index contributed by atoms with van der Waals surface area (Å²) in [4.78, 5) is 14.9. The van der Waals surface area contributed by atoms with Gasteiger partial charge in [-0.25, -0.2) is 0 Å². The molecule has 1 amide bonds. The molecule has 2 aromatic carbocycles. The zero-order chi connectivity index (χ0) is 19.9. The molecule has 1 fully saturated rings. The summed E-state index contributed by atoms with van der Waals surface area (Å²) in [6.07, 6.45) is 4.45. The monoisotopic (exact) mass is 381 g/mol. The van der Waals surface area contributed by atoms with Crippen molar-refractivity contribution in [3.8, 4) is 5.75 Å². The summed E-state index contributed by atoms with van der Waals surface area (Å²) >= 11 is 0. The fourth-order valence-electron chi connectivity index (χ4n) is 3.43. The van der Waals surface area contributed by atoms with Gasteiger partial charge in [0.1, 0.15) is 5.75 Å². The van der Waals surface area contributed by atoms with Crippen LogP contribution in [0.5, 0.6) is 5.75 Å². The van der Waals surface area contributed by atoms with Gasteiger partial charge < -0.3 is 20.7 Å². The molecular formula is C23H31N3O2. The summed E-state index contributed by atoms with van der Waals surface area (Å²) in [5.74, 6) is 1.33. The summed E-state index contributed by atoms with van der Waals surface area (Å²) < 4.78 is 5.69. The molecule has 150 valence electrons. The number of nitrogen functional groups attached to an aromatic ring is 1. The van der Waals surface area contributed by atoms with Gasteiger partial charge in [-0.3, -0.25) is 4.79 Å². The average molecular weight is 382 g/mol. The van der Waals surface area contributed by atoms with Gasteiger partial charge in [-0.1, -0.05) is 26.3 Å². The van der Waals surface area contributed by atoms with Gasteiger partial charge in [0.05, 0.1) is 18.0 Å². The molecule has 3 N–H and O–H groups in total. The number of piperidine rings is 1. The third-order valence-corrected chi connectivity index (χ3v) is 5.27. The van der Waals surface area contributed by atoms with Gasteiger partial charge in [-0.2, -0.15) is 0 Å². The number of hydrogen-bond donors (Lipinski definition) is 2. The Kier molecular flexibility index (Phi) is 6.80. The van der Waals surface area contributed by atoms with Crippen LogP contribution >= 0.6 is 0 Å². The molecule has 5 nitrogen and oxygen atoms in total. The van der Waals surface area contributed by atoms with Gasteiger partial charge in [-0.05, 0) is 61.6 Å². The normalized spacial score (nSPS) is 14.7. The third-order valence-electron chi connectivity index (χ3n) is 5.27. The fraction of sp³-hybridized carbons (Fsp3) is 0.435. The third kappa shape index (κ3) is 5.18. The molecule has 1 saturated heterocycles. The van der Waals surface area contributed by atoms with Crippen LogP contribution in [0.4, 0.5) is 17.1 Å². The van der Waals surface area contributed by atoms with Gasteiger partial charge in [0, 0.05) is 24.3 Å². The number of nitrogens with two attached hydrogens (primary N) is 1. The van der Waals surface area contributed by atoms with Gasteiger partial charge in [-0.15, -0.1) is 0 Å². The zero-order valence-corrected chi connectivity index (χ0v) is 16.9. The lowest BCUT2D eigenvalue weighted by Crippen LogP contribution is -2.33. The molecule has 0 saturated carbocycles. The molecule has 0 spiro atoms. The molecule has 0 radical (unpaired) electrons. The fourth-order valence-corrected chi connectivity index (χ4v) is 3.43. The Bertz CT molecular complexity index is 798. The Labute approximate surface area is 167 Å². The van der Waals surface area contributed by atoms with Crippen molar-refractivity contribution in [2.75, 3.05) is 35.6 Å². The Balaban J connectivity index is 1.64. The molecule has 5 heteroatoms. The summed E-state index contributed by atoms with van der Waals surface area (Å²) in [5, 5.41) is 2.94. The topological polar surface area (TPSA) is 67.6 Å². The first-order chi connectivity index (χ1) is 13.6. The Morgan fingerprint density at radius 2 is 2.00 bits per heavy atom. The van der Waals surface area contributed by atoms with Crippen LogP contribution in [0.25, 0.3) is 0 Å². The van der Waals surface area contributed by atoms with Gasteiger partial charge in [0.25, 0.3) is 5.91 Å². The number of unbranched alkanes of at least 4 members (excludes halogenated alkanes) is 1. The van der Waals surface area contributed by atoms with Crippen LogP contribution < -0.4 is 20.7 Å². The molecular weight excluding hydrogens is 350 g/mol. The van der Waals surface area contributed by atoms with E-state index >= 15 is 0 Å². The minimum atomic E-state index is -0.167. The molecule has 2 aromatic rings. The maximum Gasteiger partial charge on any atom is 0.255 e. The van der Waals surface area contributed by atoms with E-state index in [2.05, 4.69) is 24.1 Å². The van der Waals surface area contributed by atoms with E-state index < -0.39 is 0 Å². The second-order valence-electron chi connectivity index (χ2n) is 7.63. The van der Waals surface area contributed by atoms with Crippen LogP contribution in [0, 0.1) is 5.92 Å². The smallest absolute Gasteiger partial charge is 0.255 e. The Hall–Kier alpha value is -2.69. The van der Waals surface area contributed by atoms with Crippen molar-refractivity contribution < 1.29 is 9.53 Å². The number of ether oxygens (including phenoxy) is 1. The van der Waals surface area contributed by atoms with E-state index in [1.54, 1.807) is 12.1 Å². The van der Waals surface area contributed by atoms with Crippen molar-refractivity contribution in [3.05, 3.63) is 48.0 Å². The van der Waals surface area contributed by atoms with E-state index in [0.29, 0.717) is 23.5 Å². The minimum Gasteiger partial charge on any atom is -0.494 e. The molecule has 28 heavy (non-hydrogen) atoms. The van der Waals surface area contributed by atoms with Crippen molar-refractivity contribution in [2.45, 2.75) is 39.5 Å². The van der Waals surface area contributed by atoms with Crippen LogP contribution in [0.1, 0.15) is 49.9 Å². The summed E-state index contributed by atoms with van der Waals surface area (Å²) in [6.45, 7) is 7.14. The second-order valence-corrected chi connectivity index (χ2v) is 7.63. The lowest BCUT2D eigenvalue weighted by atomic mass is 9.98.